The summed E-state index contributed by atoms with van der Waals surface area (Å²) in [4.78, 5) is 21.1. The minimum Gasteiger partial charge on any atom is -0.355 e. The van der Waals surface area contributed by atoms with E-state index in [1.54, 1.807) is 0 Å². The summed E-state index contributed by atoms with van der Waals surface area (Å²) >= 11 is 6.09. The van der Waals surface area contributed by atoms with Gasteiger partial charge in [-0.3, -0.25) is 4.79 Å². The fourth-order valence-electron chi connectivity index (χ4n) is 3.84. The van der Waals surface area contributed by atoms with Crippen molar-refractivity contribution in [3.05, 3.63) is 58.7 Å². The fraction of sp³-hybridized carbons (Fsp3) is 0.478. The van der Waals surface area contributed by atoms with Crippen LogP contribution in [0.15, 0.2) is 42.6 Å². The Bertz CT molecular complexity index is 883. The van der Waals surface area contributed by atoms with Crippen LogP contribution in [0, 0.1) is 5.92 Å². The van der Waals surface area contributed by atoms with E-state index in [2.05, 4.69) is 18.8 Å². The van der Waals surface area contributed by atoms with Crippen LogP contribution in [0.4, 0.5) is 19.0 Å². The molecule has 1 saturated heterocycles. The van der Waals surface area contributed by atoms with Gasteiger partial charge in [-0.15, -0.1) is 0 Å². The quantitative estimate of drug-likeness (QED) is 0.554. The molecule has 1 aliphatic heterocycles. The fourth-order valence-corrected chi connectivity index (χ4v) is 4.13. The van der Waals surface area contributed by atoms with E-state index in [1.807, 2.05) is 40.1 Å². The van der Waals surface area contributed by atoms with Gasteiger partial charge in [0.05, 0.1) is 10.6 Å². The molecule has 0 bridgehead atoms. The van der Waals surface area contributed by atoms with Crippen molar-refractivity contribution < 1.29 is 18.0 Å². The van der Waals surface area contributed by atoms with Crippen LogP contribution in [0.2, 0.25) is 5.02 Å². The first-order chi connectivity index (χ1) is 14.7. The van der Waals surface area contributed by atoms with E-state index in [0.29, 0.717) is 38.3 Å². The molecule has 1 fully saturated rings. The molecule has 4 nitrogen and oxygen atoms in total. The Kier molecular flexibility index (Phi) is 7.46. The average Bonchev–Trinajstić information content (AvgIpc) is 2.76. The standard InChI is InChI=1S/C23H27ClF3N3O/c1-3-16(2)30(15-17-7-5-4-6-8-17)22(31)18-9-11-29(12-10-18)21-20(24)13-19(14-28-21)23(25,26)27/h4-8,13-14,16,18H,3,9-12,15H2,1-2H3. The normalized spacial score (nSPS) is 16.3. The van der Waals surface area contributed by atoms with Gasteiger partial charge in [0.15, 0.2) is 0 Å². The molecule has 0 radical (unpaired) electrons. The predicted molar refractivity (Wildman–Crippen MR) is 116 cm³/mol. The highest BCUT2D eigenvalue weighted by Gasteiger charge is 2.34. The second-order valence-electron chi connectivity index (χ2n) is 8.00. The van der Waals surface area contributed by atoms with Gasteiger partial charge in [-0.2, -0.15) is 13.2 Å². The minimum absolute atomic E-state index is 0.0232. The predicted octanol–water partition coefficient (Wildman–Crippen LogP) is 5.80. The van der Waals surface area contributed by atoms with Crippen LogP contribution in [0.1, 0.15) is 44.2 Å². The molecule has 1 aromatic heterocycles. The number of piperidine rings is 1. The highest BCUT2D eigenvalue weighted by Crippen LogP contribution is 2.35. The SMILES string of the molecule is CCC(C)N(Cc1ccccc1)C(=O)C1CCN(c2ncc(C(F)(F)F)cc2Cl)CC1. The number of hydrogen-bond acceptors (Lipinski definition) is 3. The molecule has 31 heavy (non-hydrogen) atoms. The maximum absolute atomic E-state index is 13.3. The number of carbonyl (C=O) groups excluding carboxylic acids is 1. The molecule has 0 saturated carbocycles. The molecule has 2 aromatic rings. The summed E-state index contributed by atoms with van der Waals surface area (Å²) in [5.41, 5.74) is 0.228. The van der Waals surface area contributed by atoms with Crippen molar-refractivity contribution in [3.8, 4) is 0 Å². The first kappa shape index (κ1) is 23.4. The third-order valence-electron chi connectivity index (χ3n) is 5.89. The maximum atomic E-state index is 13.3. The van der Waals surface area contributed by atoms with E-state index in [-0.39, 0.29) is 22.9 Å². The van der Waals surface area contributed by atoms with Gasteiger partial charge >= 0.3 is 6.18 Å². The first-order valence-electron chi connectivity index (χ1n) is 10.5. The monoisotopic (exact) mass is 453 g/mol. The van der Waals surface area contributed by atoms with E-state index in [4.69, 9.17) is 11.6 Å². The van der Waals surface area contributed by atoms with Gasteiger partial charge in [-0.1, -0.05) is 48.9 Å². The van der Waals surface area contributed by atoms with E-state index >= 15 is 0 Å². The number of benzene rings is 1. The number of rotatable bonds is 6. The zero-order valence-corrected chi connectivity index (χ0v) is 18.5. The number of alkyl halides is 3. The van der Waals surface area contributed by atoms with Crippen molar-refractivity contribution in [3.63, 3.8) is 0 Å². The van der Waals surface area contributed by atoms with E-state index in [0.717, 1.165) is 24.2 Å². The summed E-state index contributed by atoms with van der Waals surface area (Å²) in [7, 11) is 0. The molecule has 168 valence electrons. The molecular formula is C23H27ClF3N3O. The molecule has 1 atom stereocenters. The van der Waals surface area contributed by atoms with Gasteiger partial charge in [0.1, 0.15) is 5.82 Å². The summed E-state index contributed by atoms with van der Waals surface area (Å²) in [6, 6.07) is 11.0. The van der Waals surface area contributed by atoms with E-state index in [1.165, 1.54) is 0 Å². The summed E-state index contributed by atoms with van der Waals surface area (Å²) in [6.45, 7) is 5.74. The molecule has 1 aliphatic rings. The highest BCUT2D eigenvalue weighted by atomic mass is 35.5. The Labute approximate surface area is 186 Å². The Balaban J connectivity index is 1.66. The van der Waals surface area contributed by atoms with E-state index < -0.39 is 11.7 Å². The summed E-state index contributed by atoms with van der Waals surface area (Å²) in [5.74, 6) is 0.343. The first-order valence-corrected chi connectivity index (χ1v) is 10.9. The van der Waals surface area contributed by atoms with Crippen molar-refractivity contribution in [1.29, 1.82) is 0 Å². The Morgan fingerprint density at radius 2 is 1.90 bits per heavy atom. The summed E-state index contributed by atoms with van der Waals surface area (Å²) in [6.07, 6.45) is -1.59. The van der Waals surface area contributed by atoms with Crippen LogP contribution in [0.3, 0.4) is 0 Å². The van der Waals surface area contributed by atoms with Gasteiger partial charge in [-0.25, -0.2) is 4.98 Å². The van der Waals surface area contributed by atoms with Crippen LogP contribution in [-0.4, -0.2) is 34.9 Å². The molecule has 1 unspecified atom stereocenters. The summed E-state index contributed by atoms with van der Waals surface area (Å²) < 4.78 is 38.6. The van der Waals surface area contributed by atoms with Crippen LogP contribution in [0.5, 0.6) is 0 Å². The third kappa shape index (κ3) is 5.70. The Morgan fingerprint density at radius 1 is 1.26 bits per heavy atom. The van der Waals surface area contributed by atoms with Gasteiger partial charge in [0.2, 0.25) is 5.91 Å². The van der Waals surface area contributed by atoms with Gasteiger partial charge in [-0.05, 0) is 37.8 Å². The lowest BCUT2D eigenvalue weighted by Gasteiger charge is -2.37. The molecule has 1 amide bonds. The summed E-state index contributed by atoms with van der Waals surface area (Å²) in [5, 5.41) is -0.0232. The lowest BCUT2D eigenvalue weighted by Crippen LogP contribution is -2.45. The number of halogens is 4. The van der Waals surface area contributed by atoms with Crippen LogP contribution in [-0.2, 0) is 17.5 Å². The average molecular weight is 454 g/mol. The molecular weight excluding hydrogens is 427 g/mol. The van der Waals surface area contributed by atoms with Crippen molar-refractivity contribution >= 4 is 23.3 Å². The van der Waals surface area contributed by atoms with Gasteiger partial charge in [0, 0.05) is 37.8 Å². The van der Waals surface area contributed by atoms with Gasteiger partial charge in [0.25, 0.3) is 0 Å². The van der Waals surface area contributed by atoms with Crippen molar-refractivity contribution in [2.75, 3.05) is 18.0 Å². The van der Waals surface area contributed by atoms with Crippen molar-refractivity contribution in [2.24, 2.45) is 5.92 Å². The topological polar surface area (TPSA) is 36.4 Å². The van der Waals surface area contributed by atoms with E-state index in [9.17, 15) is 18.0 Å². The highest BCUT2D eigenvalue weighted by molar-refractivity contribution is 6.33. The zero-order valence-electron chi connectivity index (χ0n) is 17.7. The number of hydrogen-bond donors (Lipinski definition) is 0. The second-order valence-corrected chi connectivity index (χ2v) is 8.40. The molecule has 1 aromatic carbocycles. The molecule has 0 aliphatic carbocycles. The smallest absolute Gasteiger partial charge is 0.355 e. The lowest BCUT2D eigenvalue weighted by atomic mass is 9.94. The van der Waals surface area contributed by atoms with Crippen LogP contribution >= 0.6 is 11.6 Å². The lowest BCUT2D eigenvalue weighted by molar-refractivity contribution is -0.139. The van der Waals surface area contributed by atoms with Gasteiger partial charge < -0.3 is 9.80 Å². The maximum Gasteiger partial charge on any atom is 0.417 e. The minimum atomic E-state index is -4.48. The number of carbonyl (C=O) groups is 1. The molecule has 3 rings (SSSR count). The number of aromatic nitrogens is 1. The van der Waals surface area contributed by atoms with Crippen LogP contribution < -0.4 is 4.90 Å². The molecule has 2 heterocycles. The number of nitrogens with zero attached hydrogens (tertiary/aromatic N) is 3. The van der Waals surface area contributed by atoms with Crippen molar-refractivity contribution in [2.45, 2.75) is 51.9 Å². The number of amides is 1. The number of anilines is 1. The molecule has 8 heteroatoms. The Hall–Kier alpha value is -2.28. The third-order valence-corrected chi connectivity index (χ3v) is 6.17. The van der Waals surface area contributed by atoms with Crippen LogP contribution in [0.25, 0.3) is 0 Å². The second kappa shape index (κ2) is 9.90. The largest absolute Gasteiger partial charge is 0.417 e. The molecule has 0 spiro atoms. The van der Waals surface area contributed by atoms with Crippen molar-refractivity contribution in [1.82, 2.24) is 9.88 Å². The number of pyridine rings is 1. The zero-order chi connectivity index (χ0) is 22.6. The Morgan fingerprint density at radius 3 is 2.45 bits per heavy atom. The molecule has 0 N–H and O–H groups in total.